The minimum Gasteiger partial charge on any atom is -0.339 e. The van der Waals surface area contributed by atoms with Crippen LogP contribution in [0.25, 0.3) is 0 Å². The topological polar surface area (TPSA) is 37.8 Å². The van der Waals surface area contributed by atoms with Gasteiger partial charge in [0.2, 0.25) is 0 Å². The SMILES string of the molecule is ClCCCc1cccc(Nc2cccnn2)c1. The molecule has 1 N–H and O–H groups in total. The zero-order valence-electron chi connectivity index (χ0n) is 9.44. The van der Waals surface area contributed by atoms with Crippen LogP contribution in [0.15, 0.2) is 42.6 Å². The van der Waals surface area contributed by atoms with Crippen molar-refractivity contribution in [3.63, 3.8) is 0 Å². The third-order valence-electron chi connectivity index (χ3n) is 2.37. The molecule has 0 unspecified atom stereocenters. The first-order chi connectivity index (χ1) is 8.38. The number of alkyl halides is 1. The smallest absolute Gasteiger partial charge is 0.153 e. The molecule has 88 valence electrons. The maximum atomic E-state index is 5.69. The Labute approximate surface area is 106 Å². The molecular formula is C13H14ClN3. The van der Waals surface area contributed by atoms with E-state index in [-0.39, 0.29) is 0 Å². The minimum atomic E-state index is 0.696. The van der Waals surface area contributed by atoms with E-state index in [1.807, 2.05) is 24.3 Å². The van der Waals surface area contributed by atoms with Crippen molar-refractivity contribution in [1.82, 2.24) is 10.2 Å². The number of halogens is 1. The molecule has 3 nitrogen and oxygen atoms in total. The summed E-state index contributed by atoms with van der Waals surface area (Å²) in [6.07, 6.45) is 3.65. The molecule has 4 heteroatoms. The summed E-state index contributed by atoms with van der Waals surface area (Å²) in [6.45, 7) is 0. The number of hydrogen-bond donors (Lipinski definition) is 1. The van der Waals surface area contributed by atoms with Crippen LogP contribution in [-0.2, 0) is 6.42 Å². The number of aryl methyl sites for hydroxylation is 1. The molecule has 0 fully saturated rings. The van der Waals surface area contributed by atoms with E-state index < -0.39 is 0 Å². The van der Waals surface area contributed by atoms with Crippen molar-refractivity contribution in [2.45, 2.75) is 12.8 Å². The minimum absolute atomic E-state index is 0.696. The van der Waals surface area contributed by atoms with Gasteiger partial charge < -0.3 is 5.32 Å². The Kier molecular flexibility index (Phi) is 4.33. The quantitative estimate of drug-likeness (QED) is 0.823. The lowest BCUT2D eigenvalue weighted by atomic mass is 10.1. The highest BCUT2D eigenvalue weighted by molar-refractivity contribution is 6.17. The van der Waals surface area contributed by atoms with Gasteiger partial charge in [-0.1, -0.05) is 12.1 Å². The highest BCUT2D eigenvalue weighted by Gasteiger charge is 1.98. The predicted molar refractivity (Wildman–Crippen MR) is 70.8 cm³/mol. The lowest BCUT2D eigenvalue weighted by Crippen LogP contribution is -1.95. The van der Waals surface area contributed by atoms with Crippen LogP contribution in [0, 0.1) is 0 Å². The Balaban J connectivity index is 2.06. The van der Waals surface area contributed by atoms with E-state index in [1.165, 1.54) is 5.56 Å². The third-order valence-corrected chi connectivity index (χ3v) is 2.64. The van der Waals surface area contributed by atoms with Crippen LogP contribution in [0.4, 0.5) is 11.5 Å². The van der Waals surface area contributed by atoms with Gasteiger partial charge in [0.25, 0.3) is 0 Å². The second-order valence-electron chi connectivity index (χ2n) is 3.73. The number of nitrogens with one attached hydrogen (secondary N) is 1. The van der Waals surface area contributed by atoms with E-state index in [0.717, 1.165) is 24.3 Å². The number of nitrogens with zero attached hydrogens (tertiary/aromatic N) is 2. The highest BCUT2D eigenvalue weighted by Crippen LogP contribution is 2.16. The van der Waals surface area contributed by atoms with Gasteiger partial charge in [-0.25, -0.2) is 0 Å². The molecule has 2 aromatic rings. The normalized spacial score (nSPS) is 10.2. The molecule has 0 radical (unpaired) electrons. The highest BCUT2D eigenvalue weighted by atomic mass is 35.5. The molecule has 0 saturated carbocycles. The first-order valence-electron chi connectivity index (χ1n) is 5.58. The summed E-state index contributed by atoms with van der Waals surface area (Å²) in [5.41, 5.74) is 2.30. The molecule has 0 bridgehead atoms. The summed E-state index contributed by atoms with van der Waals surface area (Å²) in [7, 11) is 0. The molecule has 0 saturated heterocycles. The van der Waals surface area contributed by atoms with Gasteiger partial charge in [-0.2, -0.15) is 5.10 Å². The lowest BCUT2D eigenvalue weighted by Gasteiger charge is -2.06. The molecule has 17 heavy (non-hydrogen) atoms. The van der Waals surface area contributed by atoms with Crippen molar-refractivity contribution < 1.29 is 0 Å². The van der Waals surface area contributed by atoms with Crippen LogP contribution in [0.1, 0.15) is 12.0 Å². The van der Waals surface area contributed by atoms with Gasteiger partial charge >= 0.3 is 0 Å². The fraction of sp³-hybridized carbons (Fsp3) is 0.231. The van der Waals surface area contributed by atoms with Gasteiger partial charge in [-0.05, 0) is 42.7 Å². The molecule has 0 aliphatic carbocycles. The van der Waals surface area contributed by atoms with Gasteiger partial charge in [0, 0.05) is 17.8 Å². The van der Waals surface area contributed by atoms with Crippen LogP contribution in [0.2, 0.25) is 0 Å². The van der Waals surface area contributed by atoms with Gasteiger partial charge in [0.1, 0.15) is 0 Å². The van der Waals surface area contributed by atoms with Crippen molar-refractivity contribution in [3.8, 4) is 0 Å². The van der Waals surface area contributed by atoms with Gasteiger partial charge in [0.05, 0.1) is 0 Å². The average molecular weight is 248 g/mol. The third kappa shape index (κ3) is 3.71. The predicted octanol–water partition coefficient (Wildman–Crippen LogP) is 3.39. The molecule has 0 spiro atoms. The average Bonchev–Trinajstić information content (AvgIpc) is 2.38. The van der Waals surface area contributed by atoms with E-state index in [9.17, 15) is 0 Å². The number of anilines is 2. The van der Waals surface area contributed by atoms with E-state index in [4.69, 9.17) is 11.6 Å². The maximum Gasteiger partial charge on any atom is 0.153 e. The fourth-order valence-electron chi connectivity index (χ4n) is 1.59. The van der Waals surface area contributed by atoms with Crippen LogP contribution in [0.5, 0.6) is 0 Å². The van der Waals surface area contributed by atoms with Crippen molar-refractivity contribution >= 4 is 23.1 Å². The van der Waals surface area contributed by atoms with E-state index in [2.05, 4.69) is 27.6 Å². The molecule has 0 atom stereocenters. The molecule has 0 amide bonds. The largest absolute Gasteiger partial charge is 0.339 e. The Hall–Kier alpha value is -1.61. The molecule has 0 aliphatic heterocycles. The van der Waals surface area contributed by atoms with Gasteiger partial charge in [-0.3, -0.25) is 0 Å². The van der Waals surface area contributed by atoms with Crippen LogP contribution < -0.4 is 5.32 Å². The van der Waals surface area contributed by atoms with Crippen molar-refractivity contribution in [2.75, 3.05) is 11.2 Å². The zero-order valence-corrected chi connectivity index (χ0v) is 10.2. The van der Waals surface area contributed by atoms with Crippen molar-refractivity contribution in [3.05, 3.63) is 48.2 Å². The van der Waals surface area contributed by atoms with Crippen LogP contribution in [0.3, 0.4) is 0 Å². The second kappa shape index (κ2) is 6.21. The van der Waals surface area contributed by atoms with E-state index in [0.29, 0.717) is 5.88 Å². The van der Waals surface area contributed by atoms with Crippen LogP contribution in [-0.4, -0.2) is 16.1 Å². The lowest BCUT2D eigenvalue weighted by molar-refractivity contribution is 0.929. The summed E-state index contributed by atoms with van der Waals surface area (Å²) >= 11 is 5.69. The Bertz CT molecular complexity index is 459. The van der Waals surface area contributed by atoms with Crippen LogP contribution >= 0.6 is 11.6 Å². The zero-order chi connectivity index (χ0) is 11.9. The number of hydrogen-bond acceptors (Lipinski definition) is 3. The number of rotatable bonds is 5. The first kappa shape index (κ1) is 11.9. The molecule has 0 aliphatic rings. The second-order valence-corrected chi connectivity index (χ2v) is 4.10. The Morgan fingerprint density at radius 1 is 1.18 bits per heavy atom. The summed E-state index contributed by atoms with van der Waals surface area (Å²) in [4.78, 5) is 0. The van der Waals surface area contributed by atoms with Gasteiger partial charge in [0.15, 0.2) is 5.82 Å². The first-order valence-corrected chi connectivity index (χ1v) is 6.11. The standard InChI is InChI=1S/C13H14ClN3/c14-8-2-5-11-4-1-6-12(10-11)16-13-7-3-9-15-17-13/h1,3-4,6-7,9-10H,2,5,8H2,(H,16,17). The summed E-state index contributed by atoms with van der Waals surface area (Å²) in [6, 6.07) is 12.0. The maximum absolute atomic E-state index is 5.69. The van der Waals surface area contributed by atoms with Crippen molar-refractivity contribution in [1.29, 1.82) is 0 Å². The number of aromatic nitrogens is 2. The molecule has 2 rings (SSSR count). The fourth-order valence-corrected chi connectivity index (χ4v) is 1.73. The Morgan fingerprint density at radius 3 is 2.88 bits per heavy atom. The monoisotopic (exact) mass is 247 g/mol. The summed E-state index contributed by atoms with van der Waals surface area (Å²) in [5, 5.41) is 11.0. The summed E-state index contributed by atoms with van der Waals surface area (Å²) in [5.74, 6) is 1.45. The molecule has 1 aromatic carbocycles. The Morgan fingerprint density at radius 2 is 2.12 bits per heavy atom. The van der Waals surface area contributed by atoms with E-state index in [1.54, 1.807) is 6.20 Å². The summed E-state index contributed by atoms with van der Waals surface area (Å²) < 4.78 is 0. The number of benzene rings is 1. The molecule has 1 heterocycles. The molecule has 1 aromatic heterocycles. The van der Waals surface area contributed by atoms with E-state index >= 15 is 0 Å². The van der Waals surface area contributed by atoms with Gasteiger partial charge in [-0.15, -0.1) is 16.7 Å². The van der Waals surface area contributed by atoms with Crippen molar-refractivity contribution in [2.24, 2.45) is 0 Å². The molecular weight excluding hydrogens is 234 g/mol.